The van der Waals surface area contributed by atoms with Crippen molar-refractivity contribution in [2.24, 2.45) is 13.0 Å². The molecule has 0 radical (unpaired) electrons. The molecule has 2 bridgehead atoms. The molecule has 0 spiro atoms. The van der Waals surface area contributed by atoms with Gasteiger partial charge in [0.1, 0.15) is 11.9 Å². The highest BCUT2D eigenvalue weighted by atomic mass is 19.1. The van der Waals surface area contributed by atoms with Gasteiger partial charge in [0.15, 0.2) is 11.6 Å². The number of hydrogen-bond acceptors (Lipinski definition) is 5. The van der Waals surface area contributed by atoms with Gasteiger partial charge in [0, 0.05) is 60.2 Å². The van der Waals surface area contributed by atoms with Crippen LogP contribution in [0.25, 0.3) is 22.5 Å². The van der Waals surface area contributed by atoms with Crippen molar-refractivity contribution in [3.63, 3.8) is 0 Å². The summed E-state index contributed by atoms with van der Waals surface area (Å²) in [6, 6.07) is 6.63. The van der Waals surface area contributed by atoms with Crippen LogP contribution in [0.5, 0.6) is 5.75 Å². The molecule has 8 heteroatoms. The predicted molar refractivity (Wildman–Crippen MR) is 125 cm³/mol. The molecule has 7 nitrogen and oxygen atoms in total. The van der Waals surface area contributed by atoms with Crippen LogP contribution >= 0.6 is 0 Å². The summed E-state index contributed by atoms with van der Waals surface area (Å²) in [5, 5.41) is 9.43. The van der Waals surface area contributed by atoms with E-state index in [9.17, 15) is 4.39 Å². The fourth-order valence-electron chi connectivity index (χ4n) is 4.49. The zero-order chi connectivity index (χ0) is 23.3. The number of fused-ring (bicyclic) bond motifs is 7. The number of nitrogens with two attached hydrogens (primary N) is 1. The Balaban J connectivity index is 1.78. The molecule has 0 fully saturated rings. The smallest absolute Gasteiger partial charge is 0.166 e. The summed E-state index contributed by atoms with van der Waals surface area (Å²) < 4.78 is 24.3. The zero-order valence-corrected chi connectivity index (χ0v) is 19.2. The quantitative estimate of drug-likeness (QED) is 0.480. The summed E-state index contributed by atoms with van der Waals surface area (Å²) >= 11 is 0. The molecule has 0 amide bonds. The van der Waals surface area contributed by atoms with Crippen molar-refractivity contribution in [1.29, 1.82) is 0 Å². The summed E-state index contributed by atoms with van der Waals surface area (Å²) in [6.07, 6.45) is 5.83. The summed E-state index contributed by atoms with van der Waals surface area (Å²) in [6.45, 7) is 6.98. The Morgan fingerprint density at radius 2 is 2.03 bits per heavy atom. The number of nitrogen functional groups attached to an aromatic ring is 1. The lowest BCUT2D eigenvalue weighted by Crippen LogP contribution is -2.11. The lowest BCUT2D eigenvalue weighted by atomic mass is 9.94. The van der Waals surface area contributed by atoms with E-state index in [-0.39, 0.29) is 11.6 Å². The Morgan fingerprint density at radius 3 is 2.82 bits per heavy atom. The fourth-order valence-corrected chi connectivity index (χ4v) is 4.49. The minimum absolute atomic E-state index is 0.288. The minimum atomic E-state index is -0.468. The van der Waals surface area contributed by atoms with E-state index in [1.807, 2.05) is 37.1 Å². The van der Waals surface area contributed by atoms with E-state index < -0.39 is 6.10 Å². The van der Waals surface area contributed by atoms with E-state index >= 15 is 0 Å². The first-order valence-electron chi connectivity index (χ1n) is 11.1. The van der Waals surface area contributed by atoms with Crippen molar-refractivity contribution >= 4 is 5.82 Å². The van der Waals surface area contributed by atoms with Crippen LogP contribution in [0.3, 0.4) is 0 Å². The Kier molecular flexibility index (Phi) is 5.15. The van der Waals surface area contributed by atoms with Gasteiger partial charge in [-0.25, -0.2) is 9.37 Å². The van der Waals surface area contributed by atoms with Crippen LogP contribution < -0.4 is 10.5 Å². The zero-order valence-electron chi connectivity index (χ0n) is 19.2. The number of rotatable bonds is 2. The van der Waals surface area contributed by atoms with Crippen LogP contribution in [-0.4, -0.2) is 24.5 Å². The van der Waals surface area contributed by atoms with Crippen molar-refractivity contribution in [2.45, 2.75) is 39.8 Å². The third kappa shape index (κ3) is 3.86. The molecule has 1 aliphatic rings. The fraction of sp³-hybridized carbons (Fsp3) is 0.320. The average Bonchev–Trinajstić information content (AvgIpc) is 3.31. The number of halogens is 1. The van der Waals surface area contributed by atoms with Gasteiger partial charge in [-0.2, -0.15) is 10.2 Å². The van der Waals surface area contributed by atoms with Gasteiger partial charge in [-0.15, -0.1) is 0 Å². The van der Waals surface area contributed by atoms with Crippen LogP contribution in [0.2, 0.25) is 0 Å². The second kappa shape index (κ2) is 8.03. The van der Waals surface area contributed by atoms with Gasteiger partial charge in [0.25, 0.3) is 0 Å². The van der Waals surface area contributed by atoms with Gasteiger partial charge in [-0.3, -0.25) is 9.36 Å². The second-order valence-corrected chi connectivity index (χ2v) is 9.05. The Hall–Kier alpha value is -3.68. The highest BCUT2D eigenvalue weighted by Crippen LogP contribution is 2.38. The van der Waals surface area contributed by atoms with E-state index in [1.54, 1.807) is 16.9 Å². The molecule has 4 aromatic rings. The Labute approximate surface area is 192 Å². The van der Waals surface area contributed by atoms with Gasteiger partial charge < -0.3 is 10.5 Å². The van der Waals surface area contributed by atoms with Crippen molar-refractivity contribution in [1.82, 2.24) is 24.5 Å². The van der Waals surface area contributed by atoms with Gasteiger partial charge in [-0.05, 0) is 37.1 Å². The standard InChI is InChI=1S/C25H27FN6O/c1-14(2)12-32-24-16(11-29-32)7-18-13-31(4)30-23(18)20-6-5-19(26)9-21(20)15(3)33-22-8-17(24)10-28-25(22)27/h5-6,8-11,13-15H,7,12H2,1-4H3,(H2,27,28). The maximum absolute atomic E-state index is 14.3. The van der Waals surface area contributed by atoms with E-state index in [0.717, 1.165) is 40.2 Å². The van der Waals surface area contributed by atoms with Gasteiger partial charge >= 0.3 is 0 Å². The molecular formula is C25H27FN6O. The molecule has 0 saturated carbocycles. The largest absolute Gasteiger partial charge is 0.482 e. The average molecular weight is 447 g/mol. The lowest BCUT2D eigenvalue weighted by Gasteiger charge is -2.21. The molecule has 2 N–H and O–H groups in total. The first kappa shape index (κ1) is 21.2. The van der Waals surface area contributed by atoms with Crippen molar-refractivity contribution in [3.8, 4) is 28.3 Å². The number of ether oxygens (including phenoxy) is 1. The summed E-state index contributed by atoms with van der Waals surface area (Å²) in [4.78, 5) is 4.41. The van der Waals surface area contributed by atoms with E-state index in [4.69, 9.17) is 20.7 Å². The summed E-state index contributed by atoms with van der Waals surface area (Å²) in [7, 11) is 1.89. The third-order valence-corrected chi connectivity index (χ3v) is 5.90. The van der Waals surface area contributed by atoms with E-state index in [0.29, 0.717) is 23.7 Å². The molecule has 1 aromatic carbocycles. The molecule has 3 aromatic heterocycles. The highest BCUT2D eigenvalue weighted by molar-refractivity contribution is 5.71. The monoisotopic (exact) mass is 446 g/mol. The molecule has 170 valence electrons. The number of aryl methyl sites for hydroxylation is 1. The summed E-state index contributed by atoms with van der Waals surface area (Å²) in [5.41, 5.74) is 12.5. The van der Waals surface area contributed by atoms with Crippen molar-refractivity contribution in [3.05, 3.63) is 65.4 Å². The molecule has 5 rings (SSSR count). The molecule has 33 heavy (non-hydrogen) atoms. The Bertz CT molecular complexity index is 1340. The minimum Gasteiger partial charge on any atom is -0.482 e. The second-order valence-electron chi connectivity index (χ2n) is 9.05. The summed E-state index contributed by atoms with van der Waals surface area (Å²) in [5.74, 6) is 0.838. The van der Waals surface area contributed by atoms with Crippen LogP contribution in [0.15, 0.2) is 42.9 Å². The van der Waals surface area contributed by atoms with Crippen molar-refractivity contribution < 1.29 is 9.13 Å². The number of benzene rings is 1. The number of nitrogens with zero attached hydrogens (tertiary/aromatic N) is 5. The van der Waals surface area contributed by atoms with E-state index in [2.05, 4.69) is 18.8 Å². The van der Waals surface area contributed by atoms with Crippen LogP contribution in [-0.2, 0) is 20.0 Å². The molecule has 0 saturated heterocycles. The highest BCUT2D eigenvalue weighted by Gasteiger charge is 2.24. The maximum atomic E-state index is 14.3. The molecule has 1 atom stereocenters. The van der Waals surface area contributed by atoms with Crippen LogP contribution in [0.1, 0.15) is 43.6 Å². The lowest BCUT2D eigenvalue weighted by molar-refractivity contribution is 0.227. The van der Waals surface area contributed by atoms with Crippen LogP contribution in [0, 0.1) is 11.7 Å². The number of anilines is 1. The molecule has 4 heterocycles. The number of aromatic nitrogens is 5. The van der Waals surface area contributed by atoms with Crippen molar-refractivity contribution in [2.75, 3.05) is 5.73 Å². The first-order valence-corrected chi connectivity index (χ1v) is 11.1. The normalized spacial score (nSPS) is 15.2. The molecule has 1 aliphatic heterocycles. The topological polar surface area (TPSA) is 83.8 Å². The molecule has 1 unspecified atom stereocenters. The van der Waals surface area contributed by atoms with E-state index in [1.165, 1.54) is 12.1 Å². The maximum Gasteiger partial charge on any atom is 0.166 e. The SMILES string of the molecule is CC(C)Cn1ncc2c1-c1cnc(N)c(c1)OC(C)c1cc(F)ccc1-c1nn(C)cc1C2. The molecular weight excluding hydrogens is 419 g/mol. The predicted octanol–water partition coefficient (Wildman–Crippen LogP) is 4.77. The van der Waals surface area contributed by atoms with Crippen LogP contribution in [0.4, 0.5) is 10.2 Å². The molecule has 0 aliphatic carbocycles. The number of pyridine rings is 1. The number of hydrogen-bond donors (Lipinski definition) is 1. The van der Waals surface area contributed by atoms with Gasteiger partial charge in [0.05, 0.1) is 17.6 Å². The Morgan fingerprint density at radius 1 is 1.21 bits per heavy atom. The first-order chi connectivity index (χ1) is 15.8. The van der Waals surface area contributed by atoms with Gasteiger partial charge in [0.2, 0.25) is 0 Å². The van der Waals surface area contributed by atoms with Gasteiger partial charge in [-0.1, -0.05) is 13.8 Å². The third-order valence-electron chi connectivity index (χ3n) is 5.90.